The van der Waals surface area contributed by atoms with Crippen molar-refractivity contribution < 1.29 is 9.18 Å². The van der Waals surface area contributed by atoms with Gasteiger partial charge in [-0.05, 0) is 49.9 Å². The number of fused-ring (bicyclic) bond motifs is 1. The van der Waals surface area contributed by atoms with Crippen molar-refractivity contribution in [3.8, 4) is 5.69 Å². The number of amides is 2. The lowest BCUT2D eigenvalue weighted by atomic mass is 9.91. The largest absolute Gasteiger partial charge is 0.330 e. The molecule has 3 aromatic rings. The molecule has 0 saturated carbocycles. The summed E-state index contributed by atoms with van der Waals surface area (Å²) in [5.74, 6) is 0.683. The van der Waals surface area contributed by atoms with Gasteiger partial charge in [-0.1, -0.05) is 68.3 Å². The van der Waals surface area contributed by atoms with Gasteiger partial charge in [0.05, 0.1) is 17.4 Å². The molecule has 0 radical (unpaired) electrons. The van der Waals surface area contributed by atoms with Crippen molar-refractivity contribution in [1.82, 2.24) is 20.0 Å². The van der Waals surface area contributed by atoms with Crippen LogP contribution < -0.4 is 10.6 Å². The molecule has 2 heterocycles. The van der Waals surface area contributed by atoms with Gasteiger partial charge in [0.1, 0.15) is 5.82 Å². The van der Waals surface area contributed by atoms with Crippen molar-refractivity contribution in [3.63, 3.8) is 0 Å². The molecule has 1 aliphatic heterocycles. The van der Waals surface area contributed by atoms with Crippen molar-refractivity contribution in [3.05, 3.63) is 77.5 Å². The summed E-state index contributed by atoms with van der Waals surface area (Å²) in [6.07, 6.45) is 6.08. The number of carbonyl (C=O) groups is 1. The molecule has 1 aromatic heterocycles. The van der Waals surface area contributed by atoms with Crippen LogP contribution in [0.15, 0.2) is 60.7 Å². The molecule has 0 unspecified atom stereocenters. The molecule has 0 bridgehead atoms. The lowest BCUT2D eigenvalue weighted by molar-refractivity contribution is 0.139. The van der Waals surface area contributed by atoms with Gasteiger partial charge in [-0.2, -0.15) is 5.10 Å². The number of hydrogen-bond acceptors (Lipinski definition) is 3. The highest BCUT2D eigenvalue weighted by molar-refractivity contribution is 5.90. The van der Waals surface area contributed by atoms with E-state index in [9.17, 15) is 4.79 Å². The van der Waals surface area contributed by atoms with E-state index in [0.717, 1.165) is 62.0 Å². The molecule has 184 valence electrons. The Balaban J connectivity index is 1.37. The van der Waals surface area contributed by atoms with E-state index in [2.05, 4.69) is 22.5 Å². The molecule has 0 spiro atoms. The fourth-order valence-corrected chi connectivity index (χ4v) is 5.40. The van der Waals surface area contributed by atoms with Crippen molar-refractivity contribution in [2.24, 2.45) is 0 Å². The number of para-hydroxylation sites is 1. The molecule has 1 aliphatic carbocycles. The molecular weight excluding hydrogens is 441 g/mol. The number of unbranched alkanes of at least 4 members (excludes halogenated alkanes) is 2. The van der Waals surface area contributed by atoms with Crippen molar-refractivity contribution in [1.29, 1.82) is 0 Å². The van der Waals surface area contributed by atoms with Crippen LogP contribution in [0.4, 0.5) is 15.0 Å². The van der Waals surface area contributed by atoms with E-state index in [1.807, 2.05) is 60.7 Å². The Morgan fingerprint density at radius 1 is 1.09 bits per heavy atom. The highest BCUT2D eigenvalue weighted by atomic mass is 19.1. The number of alkyl halides is 1. The van der Waals surface area contributed by atoms with Crippen LogP contribution >= 0.6 is 0 Å². The van der Waals surface area contributed by atoms with Crippen molar-refractivity contribution in [2.75, 3.05) is 25.0 Å². The highest BCUT2D eigenvalue weighted by Crippen LogP contribution is 2.37. The van der Waals surface area contributed by atoms with Crippen molar-refractivity contribution in [2.45, 2.75) is 57.2 Å². The van der Waals surface area contributed by atoms with E-state index in [0.29, 0.717) is 17.9 Å². The van der Waals surface area contributed by atoms with Gasteiger partial charge in [-0.15, -0.1) is 0 Å². The monoisotopic (exact) mass is 475 g/mol. The number of benzene rings is 2. The average Bonchev–Trinajstić information content (AvgIpc) is 3.56. The number of aromatic nitrogens is 2. The summed E-state index contributed by atoms with van der Waals surface area (Å²) < 4.78 is 18.4. The van der Waals surface area contributed by atoms with Gasteiger partial charge in [0.2, 0.25) is 0 Å². The summed E-state index contributed by atoms with van der Waals surface area (Å²) >= 11 is 0. The summed E-state index contributed by atoms with van der Waals surface area (Å²) in [7, 11) is 0. The van der Waals surface area contributed by atoms with Gasteiger partial charge in [-0.25, -0.2) is 13.9 Å². The Morgan fingerprint density at radius 3 is 2.57 bits per heavy atom. The molecule has 2 atom stereocenters. The first kappa shape index (κ1) is 23.5. The number of nitrogens with one attached hydrogen (secondary N) is 2. The summed E-state index contributed by atoms with van der Waals surface area (Å²) in [6, 6.07) is 18.0. The molecule has 1 saturated heterocycles. The van der Waals surface area contributed by atoms with E-state index in [1.165, 1.54) is 0 Å². The lowest BCUT2D eigenvalue weighted by Gasteiger charge is -2.28. The third-order valence-corrected chi connectivity index (χ3v) is 7.22. The number of carbonyl (C=O) groups excluding carboxylic acids is 1. The van der Waals surface area contributed by atoms with Crippen molar-refractivity contribution >= 4 is 11.8 Å². The molecule has 6 nitrogen and oxygen atoms in total. The molecule has 2 amide bonds. The van der Waals surface area contributed by atoms with Crippen LogP contribution in [0.2, 0.25) is 0 Å². The second-order valence-electron chi connectivity index (χ2n) is 9.70. The minimum absolute atomic E-state index is 0.281. The maximum absolute atomic E-state index is 16.6. The van der Waals surface area contributed by atoms with Crippen LogP contribution in [0, 0.1) is 0 Å². The van der Waals surface area contributed by atoms with E-state index in [-0.39, 0.29) is 6.54 Å². The summed E-state index contributed by atoms with van der Waals surface area (Å²) in [5, 5.41) is 10.8. The number of rotatable bonds is 8. The van der Waals surface area contributed by atoms with Crippen LogP contribution in [-0.4, -0.2) is 46.4 Å². The smallest absolute Gasteiger partial charge is 0.320 e. The van der Waals surface area contributed by atoms with Crippen LogP contribution in [0.25, 0.3) is 5.69 Å². The standard InChI is InChI=1S/C28H34FN5O/c1-2-3-10-18-33-19-25(28(29,20-33)21-12-6-4-7-13-21)30-27(35)31-26-23-16-11-17-24(23)32-34(26)22-14-8-5-9-15-22/h4-9,12-15,25H,2-3,10-11,16-20H2,1H3,(H2,30,31,35)/t25-,28-/m1/s1. The third-order valence-electron chi connectivity index (χ3n) is 7.22. The molecule has 2 aliphatic rings. The second kappa shape index (κ2) is 10.2. The summed E-state index contributed by atoms with van der Waals surface area (Å²) in [4.78, 5) is 15.4. The normalized spacial score (nSPS) is 21.7. The van der Waals surface area contributed by atoms with E-state index < -0.39 is 17.7 Å². The van der Waals surface area contributed by atoms with E-state index >= 15 is 4.39 Å². The van der Waals surface area contributed by atoms with Gasteiger partial charge in [0.25, 0.3) is 0 Å². The maximum atomic E-state index is 16.6. The Labute approximate surface area is 206 Å². The average molecular weight is 476 g/mol. The molecule has 2 N–H and O–H groups in total. The van der Waals surface area contributed by atoms with Gasteiger partial charge in [-0.3, -0.25) is 10.2 Å². The minimum Gasteiger partial charge on any atom is -0.330 e. The topological polar surface area (TPSA) is 62.2 Å². The van der Waals surface area contributed by atoms with Gasteiger partial charge in [0.15, 0.2) is 5.67 Å². The number of likely N-dealkylation sites (tertiary alicyclic amines) is 1. The second-order valence-corrected chi connectivity index (χ2v) is 9.70. The first-order chi connectivity index (χ1) is 17.1. The predicted octanol–water partition coefficient (Wildman–Crippen LogP) is 5.22. The van der Waals surface area contributed by atoms with Crippen LogP contribution in [0.5, 0.6) is 0 Å². The number of halogens is 1. The Hall–Kier alpha value is -3.19. The number of aryl methyl sites for hydroxylation is 1. The zero-order valence-corrected chi connectivity index (χ0v) is 20.3. The number of urea groups is 1. The first-order valence-electron chi connectivity index (χ1n) is 12.8. The van der Waals surface area contributed by atoms with E-state index in [1.54, 1.807) is 4.68 Å². The SMILES string of the molecule is CCCCCN1C[C@@H](NC(=O)Nc2c3c(nn2-c2ccccc2)CCC3)[C@](F)(c2ccccc2)C1. The number of anilines is 1. The van der Waals surface area contributed by atoms with Gasteiger partial charge >= 0.3 is 6.03 Å². The zero-order valence-electron chi connectivity index (χ0n) is 20.3. The molecule has 1 fully saturated rings. The minimum atomic E-state index is -1.65. The Kier molecular flexibility index (Phi) is 6.86. The third kappa shape index (κ3) is 4.82. The predicted molar refractivity (Wildman–Crippen MR) is 137 cm³/mol. The van der Waals surface area contributed by atoms with Crippen LogP contribution in [0.1, 0.15) is 49.4 Å². The fraction of sp³-hybridized carbons (Fsp3) is 0.429. The zero-order chi connectivity index (χ0) is 24.3. The molecule has 35 heavy (non-hydrogen) atoms. The van der Waals surface area contributed by atoms with E-state index in [4.69, 9.17) is 5.10 Å². The first-order valence-corrected chi connectivity index (χ1v) is 12.8. The fourth-order valence-electron chi connectivity index (χ4n) is 5.40. The van der Waals surface area contributed by atoms with Gasteiger partial charge in [0, 0.05) is 18.7 Å². The highest BCUT2D eigenvalue weighted by Gasteiger charge is 2.49. The molecule has 7 heteroatoms. The number of nitrogens with zero attached hydrogens (tertiary/aromatic N) is 3. The van der Waals surface area contributed by atoms with Gasteiger partial charge < -0.3 is 5.32 Å². The molecule has 5 rings (SSSR count). The van der Waals surface area contributed by atoms with Crippen LogP contribution in [0.3, 0.4) is 0 Å². The summed E-state index contributed by atoms with van der Waals surface area (Å²) in [6.45, 7) is 3.76. The summed E-state index contributed by atoms with van der Waals surface area (Å²) in [5.41, 5.74) is 1.96. The quantitative estimate of drug-likeness (QED) is 0.439. The van der Waals surface area contributed by atoms with Crippen LogP contribution in [-0.2, 0) is 18.5 Å². The molecular formula is C28H34FN5O. The number of hydrogen-bond donors (Lipinski definition) is 2. The molecule has 2 aromatic carbocycles. The Morgan fingerprint density at radius 2 is 1.83 bits per heavy atom. The Bertz CT molecular complexity index is 1150. The lowest BCUT2D eigenvalue weighted by Crippen LogP contribution is -2.49. The maximum Gasteiger partial charge on any atom is 0.320 e.